The number of aromatic nitrogens is 2. The minimum Gasteiger partial charge on any atom is -0.480 e. The maximum absolute atomic E-state index is 13.2. The van der Waals surface area contributed by atoms with Crippen LogP contribution in [0.25, 0.3) is 10.4 Å². The molecule has 0 aromatic carbocycles. The van der Waals surface area contributed by atoms with Gasteiger partial charge in [-0.2, -0.15) is 0 Å². The fourth-order valence-corrected chi connectivity index (χ4v) is 7.82. The van der Waals surface area contributed by atoms with Gasteiger partial charge in [0.2, 0.25) is 5.91 Å². The molecule has 0 radical (unpaired) electrons. The van der Waals surface area contributed by atoms with Crippen molar-refractivity contribution in [1.82, 2.24) is 14.5 Å². The van der Waals surface area contributed by atoms with Crippen LogP contribution in [-0.4, -0.2) is 91.3 Å². The summed E-state index contributed by atoms with van der Waals surface area (Å²) in [5.41, 5.74) is 7.38. The molecule has 2 aliphatic heterocycles. The van der Waals surface area contributed by atoms with Gasteiger partial charge in [0.05, 0.1) is 0 Å². The fraction of sp³-hybridized carbons (Fsp3) is 0.793. The standard InChI is InChI=1S/C29H50N6O9Si2/c1-17(36)35-19(13-12-15-31-33-30)41-21(20(35)26(38)39)22-23(43-45(8,9)28(2,3)4)24(44-46(10,11)29(5,6)7)25(42-22)34-16-14-18(37)32-27(34)40/h14,16,19-25H,12-13,15H2,1-11H3,(H,38,39)(H,32,37,40)/t19-,20+,21+,22-,23-,24-,25-/m1/s1. The minimum absolute atomic E-state index is 0.140. The lowest BCUT2D eigenvalue weighted by Crippen LogP contribution is -2.57. The molecule has 258 valence electrons. The van der Waals surface area contributed by atoms with Gasteiger partial charge in [-0.15, -0.1) is 0 Å². The van der Waals surface area contributed by atoms with E-state index in [0.717, 1.165) is 0 Å². The summed E-state index contributed by atoms with van der Waals surface area (Å²) in [6.45, 7) is 22.1. The Labute approximate surface area is 271 Å². The quantitative estimate of drug-likeness (QED) is 0.112. The average molecular weight is 683 g/mol. The maximum Gasteiger partial charge on any atom is 0.330 e. The number of hydrogen-bond donors (Lipinski definition) is 2. The summed E-state index contributed by atoms with van der Waals surface area (Å²) >= 11 is 0. The van der Waals surface area contributed by atoms with E-state index in [1.807, 2.05) is 0 Å². The Morgan fingerprint density at radius 3 is 2.07 bits per heavy atom. The van der Waals surface area contributed by atoms with Crippen molar-refractivity contribution < 1.29 is 33.0 Å². The molecule has 1 aromatic heterocycles. The molecule has 3 rings (SSSR count). The number of carbonyl (C=O) groups is 2. The first-order chi connectivity index (χ1) is 21.0. The van der Waals surface area contributed by atoms with Gasteiger partial charge in [0.15, 0.2) is 28.9 Å². The molecule has 46 heavy (non-hydrogen) atoms. The molecule has 0 unspecified atom stereocenters. The molecule has 0 bridgehead atoms. The van der Waals surface area contributed by atoms with Crippen LogP contribution in [0.1, 0.15) is 67.5 Å². The number of nitrogens with one attached hydrogen (secondary N) is 1. The molecule has 1 aromatic rings. The molecule has 2 N–H and O–H groups in total. The van der Waals surface area contributed by atoms with Crippen molar-refractivity contribution >= 4 is 28.5 Å². The Morgan fingerprint density at radius 2 is 1.59 bits per heavy atom. The van der Waals surface area contributed by atoms with Crippen LogP contribution in [0.3, 0.4) is 0 Å². The van der Waals surface area contributed by atoms with E-state index in [1.54, 1.807) is 0 Å². The van der Waals surface area contributed by atoms with Crippen LogP contribution in [0.15, 0.2) is 27.0 Å². The molecular formula is C29H50N6O9Si2. The van der Waals surface area contributed by atoms with Crippen molar-refractivity contribution in [3.8, 4) is 0 Å². The lowest BCUT2D eigenvalue weighted by molar-refractivity contribution is -0.151. The van der Waals surface area contributed by atoms with E-state index in [4.69, 9.17) is 23.9 Å². The Hall–Kier alpha value is -2.80. The first-order valence-electron chi connectivity index (χ1n) is 15.5. The number of carboxylic acid groups (broad SMARTS) is 1. The van der Waals surface area contributed by atoms with Crippen LogP contribution in [0.4, 0.5) is 0 Å². The van der Waals surface area contributed by atoms with Gasteiger partial charge in [-0.25, -0.2) is 9.59 Å². The van der Waals surface area contributed by atoms with Crippen molar-refractivity contribution in [2.75, 3.05) is 6.54 Å². The Morgan fingerprint density at radius 1 is 1.02 bits per heavy atom. The highest BCUT2D eigenvalue weighted by Crippen LogP contribution is 2.47. The molecule has 1 amide bonds. The number of carboxylic acids is 1. The molecule has 7 atom stereocenters. The predicted octanol–water partition coefficient (Wildman–Crippen LogP) is 4.33. The van der Waals surface area contributed by atoms with Gasteiger partial charge in [0.1, 0.15) is 30.6 Å². The van der Waals surface area contributed by atoms with E-state index >= 15 is 0 Å². The van der Waals surface area contributed by atoms with E-state index in [9.17, 15) is 24.3 Å². The second-order valence-corrected chi connectivity index (χ2v) is 24.6. The van der Waals surface area contributed by atoms with Crippen molar-refractivity contribution in [3.63, 3.8) is 0 Å². The highest BCUT2D eigenvalue weighted by atomic mass is 28.4. The van der Waals surface area contributed by atoms with Gasteiger partial charge < -0.3 is 28.3 Å². The molecule has 2 saturated heterocycles. The molecule has 15 nitrogen and oxygen atoms in total. The van der Waals surface area contributed by atoms with Gasteiger partial charge in [-0.3, -0.25) is 19.1 Å². The van der Waals surface area contributed by atoms with Crippen LogP contribution >= 0.6 is 0 Å². The van der Waals surface area contributed by atoms with Crippen LogP contribution in [0.5, 0.6) is 0 Å². The summed E-state index contributed by atoms with van der Waals surface area (Å²) in [6.07, 6.45) is -4.31. The summed E-state index contributed by atoms with van der Waals surface area (Å²) < 4.78 is 28.3. The summed E-state index contributed by atoms with van der Waals surface area (Å²) in [5, 5.41) is 13.5. The van der Waals surface area contributed by atoms with Gasteiger partial charge >= 0.3 is 11.7 Å². The number of rotatable bonds is 11. The lowest BCUT2D eigenvalue weighted by Gasteiger charge is -2.44. The van der Waals surface area contributed by atoms with Crippen LogP contribution in [0.2, 0.25) is 36.3 Å². The van der Waals surface area contributed by atoms with Crippen molar-refractivity contribution in [1.29, 1.82) is 0 Å². The topological polar surface area (TPSA) is 198 Å². The molecule has 0 aliphatic carbocycles. The van der Waals surface area contributed by atoms with Crippen molar-refractivity contribution in [2.45, 2.75) is 140 Å². The SMILES string of the molecule is CC(=O)N1[C@H](C(=O)O)[C@@H]([C@H]2O[C@@H](n3ccc(=O)[nH]c3=O)[C@H](O[Si](C)(C)C(C)(C)C)[C@@H]2O[Si](C)(C)C(C)(C)C)O[C@@H]1CCCN=[N+]=[N-]. The summed E-state index contributed by atoms with van der Waals surface area (Å²) in [6, 6.07) is -0.244. The van der Waals surface area contributed by atoms with E-state index in [0.29, 0.717) is 6.42 Å². The van der Waals surface area contributed by atoms with Crippen molar-refractivity contribution in [2.24, 2.45) is 5.11 Å². The fourth-order valence-electron chi connectivity index (χ4n) is 5.24. The normalized spacial score (nSPS) is 27.5. The number of aliphatic carboxylic acids is 1. The first kappa shape index (κ1) is 37.7. The number of carbonyl (C=O) groups excluding carboxylic acids is 1. The number of nitrogens with zero attached hydrogens (tertiary/aromatic N) is 5. The summed E-state index contributed by atoms with van der Waals surface area (Å²) in [7, 11) is -5.24. The average Bonchev–Trinajstić information content (AvgIpc) is 3.44. The van der Waals surface area contributed by atoms with Gasteiger partial charge in [0.25, 0.3) is 5.56 Å². The smallest absolute Gasteiger partial charge is 0.330 e. The Balaban J connectivity index is 2.24. The van der Waals surface area contributed by atoms with E-state index in [2.05, 4.69) is 82.7 Å². The van der Waals surface area contributed by atoms with Crippen LogP contribution < -0.4 is 11.2 Å². The van der Waals surface area contributed by atoms with E-state index in [-0.39, 0.29) is 23.0 Å². The Bertz CT molecular complexity index is 1440. The number of H-pyrrole nitrogens is 1. The largest absolute Gasteiger partial charge is 0.480 e. The van der Waals surface area contributed by atoms with E-state index in [1.165, 1.54) is 28.7 Å². The zero-order chi connectivity index (χ0) is 35.0. The highest BCUT2D eigenvalue weighted by Gasteiger charge is 2.61. The van der Waals surface area contributed by atoms with Gasteiger partial charge in [0, 0.05) is 30.6 Å². The zero-order valence-electron chi connectivity index (χ0n) is 28.8. The van der Waals surface area contributed by atoms with Gasteiger partial charge in [-0.05, 0) is 54.6 Å². The molecule has 0 saturated carbocycles. The number of amides is 1. The second-order valence-electron chi connectivity index (χ2n) is 15.1. The molecule has 17 heteroatoms. The lowest BCUT2D eigenvalue weighted by atomic mass is 9.99. The maximum atomic E-state index is 13.2. The number of hydrogen-bond acceptors (Lipinski definition) is 9. The third-order valence-electron chi connectivity index (χ3n) is 9.77. The summed E-state index contributed by atoms with van der Waals surface area (Å²) in [5.74, 6) is -1.80. The highest BCUT2D eigenvalue weighted by molar-refractivity contribution is 6.74. The third-order valence-corrected chi connectivity index (χ3v) is 18.7. The molecule has 0 spiro atoms. The third kappa shape index (κ3) is 7.83. The minimum atomic E-state index is -2.63. The van der Waals surface area contributed by atoms with Crippen LogP contribution in [0, 0.1) is 0 Å². The molecule has 2 fully saturated rings. The Kier molecular flexibility index (Phi) is 11.3. The van der Waals surface area contributed by atoms with Crippen LogP contribution in [-0.2, 0) is 27.9 Å². The monoisotopic (exact) mass is 682 g/mol. The number of azide groups is 1. The van der Waals surface area contributed by atoms with Gasteiger partial charge in [-0.1, -0.05) is 46.7 Å². The van der Waals surface area contributed by atoms with E-state index < -0.39 is 82.7 Å². The predicted molar refractivity (Wildman–Crippen MR) is 175 cm³/mol. The second kappa shape index (κ2) is 13.7. The molecular weight excluding hydrogens is 633 g/mol. The number of aromatic amines is 1. The summed E-state index contributed by atoms with van der Waals surface area (Å²) in [4.78, 5) is 57.2. The zero-order valence-corrected chi connectivity index (χ0v) is 30.8. The van der Waals surface area contributed by atoms with Crippen molar-refractivity contribution in [3.05, 3.63) is 43.5 Å². The molecule has 2 aliphatic rings. The first-order valence-corrected chi connectivity index (χ1v) is 21.4. The number of ether oxygens (including phenoxy) is 2. The molecule has 3 heterocycles.